The summed E-state index contributed by atoms with van der Waals surface area (Å²) in [6.45, 7) is 0.357. The highest BCUT2D eigenvalue weighted by molar-refractivity contribution is 6.35. The fraction of sp³-hybridized carbons (Fsp3) is 0.0714. The van der Waals surface area contributed by atoms with Gasteiger partial charge in [-0.25, -0.2) is 0 Å². The second kappa shape index (κ2) is 7.39. The maximum atomic E-state index is 7.30. The molecule has 2 aromatic carbocycles. The molecule has 2 rings (SSSR count). The predicted molar refractivity (Wildman–Crippen MR) is 85.5 cm³/mol. The zero-order valence-electron chi connectivity index (χ0n) is 10.4. The summed E-state index contributed by atoms with van der Waals surface area (Å²) < 4.78 is 5.61. The van der Waals surface area contributed by atoms with Crippen LogP contribution < -0.4 is 10.5 Å². The summed E-state index contributed by atoms with van der Waals surface area (Å²) in [6.07, 6.45) is 0. The zero-order chi connectivity index (χ0) is 13.8. The molecular weight excluding hydrogens is 319 g/mol. The third-order valence-electron chi connectivity index (χ3n) is 2.57. The maximum absolute atomic E-state index is 7.30. The topological polar surface area (TPSA) is 59.1 Å². The number of hydrogen-bond acceptors (Lipinski definition) is 2. The average Bonchev–Trinajstić information content (AvgIpc) is 2.38. The molecule has 0 bridgehead atoms. The summed E-state index contributed by atoms with van der Waals surface area (Å²) in [4.78, 5) is 0. The summed E-state index contributed by atoms with van der Waals surface area (Å²) >= 11 is 11.9. The molecule has 0 amide bonds. The van der Waals surface area contributed by atoms with E-state index < -0.39 is 0 Å². The molecule has 0 fully saturated rings. The Balaban J connectivity index is 0.00000200. The van der Waals surface area contributed by atoms with Gasteiger partial charge in [0.1, 0.15) is 18.2 Å². The predicted octanol–water partition coefficient (Wildman–Crippen LogP) is 4.28. The Morgan fingerprint density at radius 3 is 2.30 bits per heavy atom. The van der Waals surface area contributed by atoms with Crippen molar-refractivity contribution in [3.8, 4) is 5.75 Å². The molecule has 0 saturated carbocycles. The molecule has 0 atom stereocenters. The zero-order valence-corrected chi connectivity index (χ0v) is 12.7. The molecule has 2 aromatic rings. The minimum Gasteiger partial charge on any atom is -0.489 e. The van der Waals surface area contributed by atoms with Gasteiger partial charge in [-0.3, -0.25) is 5.41 Å². The quantitative estimate of drug-likeness (QED) is 0.649. The van der Waals surface area contributed by atoms with Gasteiger partial charge in [0.25, 0.3) is 0 Å². The van der Waals surface area contributed by atoms with Gasteiger partial charge >= 0.3 is 0 Å². The van der Waals surface area contributed by atoms with E-state index in [2.05, 4.69) is 0 Å². The van der Waals surface area contributed by atoms with E-state index in [1.54, 1.807) is 36.4 Å². The molecule has 0 saturated heterocycles. The fourth-order valence-corrected chi connectivity index (χ4v) is 1.99. The summed E-state index contributed by atoms with van der Waals surface area (Å²) in [5, 5.41) is 8.47. The van der Waals surface area contributed by atoms with Gasteiger partial charge in [0, 0.05) is 21.2 Å². The molecule has 20 heavy (non-hydrogen) atoms. The molecular formula is C14H13Cl3N2O. The Bertz CT molecular complexity index is 600. The minimum atomic E-state index is 0. The first-order chi connectivity index (χ1) is 9.06. The van der Waals surface area contributed by atoms with Gasteiger partial charge in [0.15, 0.2) is 0 Å². The molecule has 0 spiro atoms. The standard InChI is InChI=1S/C14H12Cl2N2O.ClH/c15-11-4-1-10(13(16)7-11)8-19-12-5-2-9(3-6-12)14(17)18;/h1-7H,8H2,(H3,17,18);1H. The van der Waals surface area contributed by atoms with E-state index in [-0.39, 0.29) is 18.2 Å². The van der Waals surface area contributed by atoms with Gasteiger partial charge in [-0.2, -0.15) is 0 Å². The van der Waals surface area contributed by atoms with Crippen LogP contribution in [0.25, 0.3) is 0 Å². The van der Waals surface area contributed by atoms with E-state index in [1.807, 2.05) is 6.07 Å². The van der Waals surface area contributed by atoms with Gasteiger partial charge < -0.3 is 10.5 Å². The molecule has 3 nitrogen and oxygen atoms in total. The van der Waals surface area contributed by atoms with E-state index in [0.29, 0.717) is 28.0 Å². The number of hydrogen-bond donors (Lipinski definition) is 2. The lowest BCUT2D eigenvalue weighted by molar-refractivity contribution is 0.306. The first-order valence-corrected chi connectivity index (χ1v) is 6.33. The van der Waals surface area contributed by atoms with Gasteiger partial charge in [-0.15, -0.1) is 12.4 Å². The Labute approximate surface area is 133 Å². The van der Waals surface area contributed by atoms with Crippen LogP contribution in [0.2, 0.25) is 10.0 Å². The molecule has 106 valence electrons. The van der Waals surface area contributed by atoms with E-state index in [4.69, 9.17) is 39.1 Å². The van der Waals surface area contributed by atoms with E-state index in [9.17, 15) is 0 Å². The van der Waals surface area contributed by atoms with Crippen molar-refractivity contribution in [2.75, 3.05) is 0 Å². The van der Waals surface area contributed by atoms with Crippen LogP contribution in [-0.4, -0.2) is 5.84 Å². The Morgan fingerprint density at radius 1 is 1.10 bits per heavy atom. The van der Waals surface area contributed by atoms with Crippen molar-refractivity contribution in [2.45, 2.75) is 6.61 Å². The van der Waals surface area contributed by atoms with Crippen molar-refractivity contribution in [1.82, 2.24) is 0 Å². The van der Waals surface area contributed by atoms with Crippen molar-refractivity contribution >= 4 is 41.4 Å². The molecule has 0 aliphatic carbocycles. The Kier molecular flexibility index (Phi) is 6.14. The monoisotopic (exact) mass is 330 g/mol. The number of halogens is 3. The second-order valence-corrected chi connectivity index (χ2v) is 4.81. The second-order valence-electron chi connectivity index (χ2n) is 3.96. The van der Waals surface area contributed by atoms with Crippen LogP contribution in [0.15, 0.2) is 42.5 Å². The van der Waals surface area contributed by atoms with Gasteiger partial charge in [-0.05, 0) is 36.4 Å². The SMILES string of the molecule is Cl.N=C(N)c1ccc(OCc2ccc(Cl)cc2Cl)cc1. The summed E-state index contributed by atoms with van der Waals surface area (Å²) in [5.41, 5.74) is 6.90. The van der Waals surface area contributed by atoms with Crippen LogP contribution in [-0.2, 0) is 6.61 Å². The number of nitrogens with two attached hydrogens (primary N) is 1. The van der Waals surface area contributed by atoms with E-state index in [1.165, 1.54) is 0 Å². The van der Waals surface area contributed by atoms with Gasteiger partial charge in [-0.1, -0.05) is 29.3 Å². The van der Waals surface area contributed by atoms with Crippen molar-refractivity contribution in [2.24, 2.45) is 5.73 Å². The first-order valence-electron chi connectivity index (χ1n) is 5.57. The number of nitrogens with one attached hydrogen (secondary N) is 1. The highest BCUT2D eigenvalue weighted by Crippen LogP contribution is 2.22. The lowest BCUT2D eigenvalue weighted by atomic mass is 10.2. The highest BCUT2D eigenvalue weighted by Gasteiger charge is 2.03. The van der Waals surface area contributed by atoms with Crippen LogP contribution >= 0.6 is 35.6 Å². The third kappa shape index (κ3) is 4.30. The number of rotatable bonds is 4. The maximum Gasteiger partial charge on any atom is 0.122 e. The fourth-order valence-electron chi connectivity index (χ4n) is 1.53. The first kappa shape index (κ1) is 16.6. The molecule has 0 aliphatic heterocycles. The van der Waals surface area contributed by atoms with Crippen LogP contribution in [0.1, 0.15) is 11.1 Å². The molecule has 0 heterocycles. The third-order valence-corrected chi connectivity index (χ3v) is 3.16. The normalized spacial score (nSPS) is 9.70. The minimum absolute atomic E-state index is 0. The largest absolute Gasteiger partial charge is 0.489 e. The average molecular weight is 332 g/mol. The van der Waals surface area contributed by atoms with Crippen molar-refractivity contribution in [3.05, 3.63) is 63.6 Å². The Morgan fingerprint density at radius 2 is 1.75 bits per heavy atom. The number of ether oxygens (including phenoxy) is 1. The van der Waals surface area contributed by atoms with E-state index >= 15 is 0 Å². The van der Waals surface area contributed by atoms with E-state index in [0.717, 1.165) is 5.56 Å². The highest BCUT2D eigenvalue weighted by atomic mass is 35.5. The van der Waals surface area contributed by atoms with Gasteiger partial charge in [0.05, 0.1) is 0 Å². The number of benzene rings is 2. The van der Waals surface area contributed by atoms with Crippen LogP contribution in [0.5, 0.6) is 5.75 Å². The van der Waals surface area contributed by atoms with Crippen LogP contribution in [0.4, 0.5) is 0 Å². The van der Waals surface area contributed by atoms with Crippen LogP contribution in [0, 0.1) is 5.41 Å². The van der Waals surface area contributed by atoms with Crippen molar-refractivity contribution in [3.63, 3.8) is 0 Å². The summed E-state index contributed by atoms with van der Waals surface area (Å²) in [5.74, 6) is 0.725. The molecule has 3 N–H and O–H groups in total. The smallest absolute Gasteiger partial charge is 0.122 e. The molecule has 6 heteroatoms. The summed E-state index contributed by atoms with van der Waals surface area (Å²) in [6, 6.07) is 12.3. The van der Waals surface area contributed by atoms with Gasteiger partial charge in [0.2, 0.25) is 0 Å². The Hall–Kier alpha value is -1.42. The molecule has 0 aromatic heterocycles. The molecule has 0 unspecified atom stereocenters. The van der Waals surface area contributed by atoms with Crippen LogP contribution in [0.3, 0.4) is 0 Å². The number of amidine groups is 1. The number of nitrogen functional groups attached to an aromatic ring is 1. The molecule has 0 aliphatic rings. The summed E-state index contributed by atoms with van der Waals surface area (Å²) in [7, 11) is 0. The lowest BCUT2D eigenvalue weighted by Crippen LogP contribution is -2.10. The molecule has 0 radical (unpaired) electrons. The van der Waals surface area contributed by atoms with Crippen molar-refractivity contribution in [1.29, 1.82) is 5.41 Å². The lowest BCUT2D eigenvalue weighted by Gasteiger charge is -2.08. The van der Waals surface area contributed by atoms with Crippen molar-refractivity contribution < 1.29 is 4.74 Å².